The highest BCUT2D eigenvalue weighted by atomic mass is 16.5. The molecular formula is C70H133NO5. The first kappa shape index (κ1) is 74.1. The summed E-state index contributed by atoms with van der Waals surface area (Å²) in [5.74, 6) is -0.0550. The number of hydrogen-bond acceptors (Lipinski definition) is 5. The summed E-state index contributed by atoms with van der Waals surface area (Å²) in [6.45, 7) is 4.93. The van der Waals surface area contributed by atoms with Gasteiger partial charge in [0.2, 0.25) is 5.91 Å². The number of carbonyl (C=O) groups excluding carboxylic acids is 2. The Morgan fingerprint density at radius 1 is 0.368 bits per heavy atom. The van der Waals surface area contributed by atoms with Crippen LogP contribution in [0.1, 0.15) is 373 Å². The van der Waals surface area contributed by atoms with Crippen molar-refractivity contribution in [3.05, 3.63) is 36.5 Å². The molecule has 0 aromatic carbocycles. The van der Waals surface area contributed by atoms with E-state index in [-0.39, 0.29) is 18.5 Å². The fraction of sp³-hybridized carbons (Fsp3) is 0.886. The number of hydrogen-bond donors (Lipinski definition) is 3. The van der Waals surface area contributed by atoms with Gasteiger partial charge in [0.05, 0.1) is 25.4 Å². The molecule has 0 fully saturated rings. The van der Waals surface area contributed by atoms with Gasteiger partial charge in [0.25, 0.3) is 0 Å². The van der Waals surface area contributed by atoms with Crippen molar-refractivity contribution >= 4 is 11.9 Å². The molecule has 0 bridgehead atoms. The Morgan fingerprint density at radius 2 is 0.658 bits per heavy atom. The van der Waals surface area contributed by atoms with Gasteiger partial charge in [-0.05, 0) is 64.2 Å². The van der Waals surface area contributed by atoms with Crippen LogP contribution < -0.4 is 5.32 Å². The molecule has 448 valence electrons. The quantitative estimate of drug-likeness (QED) is 0.0320. The van der Waals surface area contributed by atoms with E-state index in [0.717, 1.165) is 44.9 Å². The van der Waals surface area contributed by atoms with Crippen molar-refractivity contribution < 1.29 is 24.5 Å². The molecule has 0 saturated carbocycles. The van der Waals surface area contributed by atoms with Crippen LogP contribution in [0.2, 0.25) is 0 Å². The van der Waals surface area contributed by atoms with E-state index in [2.05, 4.69) is 43.5 Å². The molecule has 0 aliphatic rings. The number of nitrogens with one attached hydrogen (secondary N) is 1. The zero-order valence-corrected chi connectivity index (χ0v) is 51.3. The molecule has 76 heavy (non-hydrogen) atoms. The molecule has 0 rings (SSSR count). The fourth-order valence-electron chi connectivity index (χ4n) is 10.7. The molecule has 0 aromatic heterocycles. The minimum absolute atomic E-state index is 0.0140. The van der Waals surface area contributed by atoms with Crippen molar-refractivity contribution in [3.63, 3.8) is 0 Å². The van der Waals surface area contributed by atoms with Gasteiger partial charge in [-0.1, -0.05) is 333 Å². The van der Waals surface area contributed by atoms with Crippen molar-refractivity contribution in [2.45, 2.75) is 386 Å². The Hall–Kier alpha value is -1.92. The van der Waals surface area contributed by atoms with Crippen molar-refractivity contribution in [2.24, 2.45) is 0 Å². The number of esters is 1. The van der Waals surface area contributed by atoms with Crippen LogP contribution in [0.5, 0.6) is 0 Å². The van der Waals surface area contributed by atoms with Crippen molar-refractivity contribution in [3.8, 4) is 0 Å². The summed E-state index contributed by atoms with van der Waals surface area (Å²) in [5.41, 5.74) is 0. The summed E-state index contributed by atoms with van der Waals surface area (Å²) in [4.78, 5) is 24.6. The van der Waals surface area contributed by atoms with Gasteiger partial charge in [0, 0.05) is 12.8 Å². The molecular weight excluding hydrogens is 935 g/mol. The standard InChI is InChI=1S/C70H133NO5/c1-3-5-7-9-11-13-15-17-19-34-38-42-46-50-54-58-62-68(73)67(66-72)71-69(74)63-59-55-51-47-43-39-35-32-30-28-26-24-22-21-23-25-27-29-31-33-37-41-45-49-53-57-61-65-76-70(75)64-60-56-52-48-44-40-36-20-18-16-14-12-10-8-6-4-2/h21-22,25,27,58,62,67-68,72-73H,3-20,23-24,26,28-57,59-61,63-66H2,1-2H3,(H,71,74)/b22-21-,27-25-,62-58+. The second kappa shape index (κ2) is 65.6. The van der Waals surface area contributed by atoms with E-state index in [4.69, 9.17) is 4.74 Å². The zero-order valence-electron chi connectivity index (χ0n) is 51.3. The third-order valence-corrected chi connectivity index (χ3v) is 15.9. The van der Waals surface area contributed by atoms with Crippen LogP contribution in [0.25, 0.3) is 0 Å². The van der Waals surface area contributed by atoms with Crippen LogP contribution >= 0.6 is 0 Å². The highest BCUT2D eigenvalue weighted by Gasteiger charge is 2.18. The number of aliphatic hydroxyl groups is 2. The SMILES string of the molecule is CCCCCCCCCCCCCCCC/C=C/C(O)C(CO)NC(=O)CCCCCCCCCCCCC/C=C\C/C=C\CCCCCCCCCCCOC(=O)CCCCCCCCCCCCCCCCCC. The van der Waals surface area contributed by atoms with Gasteiger partial charge in [-0.3, -0.25) is 9.59 Å². The molecule has 0 heterocycles. The van der Waals surface area contributed by atoms with Gasteiger partial charge < -0.3 is 20.3 Å². The van der Waals surface area contributed by atoms with Crippen molar-refractivity contribution in [1.82, 2.24) is 5.32 Å². The average molecular weight is 1070 g/mol. The second-order valence-corrected chi connectivity index (χ2v) is 23.5. The minimum atomic E-state index is -0.847. The first-order chi connectivity index (χ1) is 37.5. The number of allylic oxidation sites excluding steroid dienone is 5. The minimum Gasteiger partial charge on any atom is -0.466 e. The largest absolute Gasteiger partial charge is 0.466 e. The third kappa shape index (κ3) is 61.3. The molecule has 0 aromatic rings. The van der Waals surface area contributed by atoms with Crippen LogP contribution in [-0.4, -0.2) is 47.4 Å². The van der Waals surface area contributed by atoms with Crippen LogP contribution in [0.15, 0.2) is 36.5 Å². The van der Waals surface area contributed by atoms with E-state index in [1.54, 1.807) is 6.08 Å². The number of rotatable bonds is 64. The van der Waals surface area contributed by atoms with E-state index >= 15 is 0 Å². The Morgan fingerprint density at radius 3 is 1.00 bits per heavy atom. The Bertz CT molecular complexity index is 1230. The Labute approximate surface area is 474 Å². The molecule has 2 atom stereocenters. The topological polar surface area (TPSA) is 95.9 Å². The molecule has 0 spiro atoms. The summed E-state index contributed by atoms with van der Waals surface area (Å²) < 4.78 is 5.50. The first-order valence-electron chi connectivity index (χ1n) is 34.3. The highest BCUT2D eigenvalue weighted by molar-refractivity contribution is 5.76. The lowest BCUT2D eigenvalue weighted by molar-refractivity contribution is -0.143. The highest BCUT2D eigenvalue weighted by Crippen LogP contribution is 2.18. The number of aliphatic hydroxyl groups excluding tert-OH is 2. The van der Waals surface area contributed by atoms with Gasteiger partial charge in [-0.25, -0.2) is 0 Å². The van der Waals surface area contributed by atoms with E-state index in [9.17, 15) is 19.8 Å². The van der Waals surface area contributed by atoms with Crippen LogP contribution in [0, 0.1) is 0 Å². The first-order valence-corrected chi connectivity index (χ1v) is 34.3. The molecule has 0 aliphatic carbocycles. The molecule has 6 heteroatoms. The number of carbonyl (C=O) groups is 2. The Kier molecular flexibility index (Phi) is 63.9. The van der Waals surface area contributed by atoms with E-state index in [0.29, 0.717) is 19.4 Å². The number of ether oxygens (including phenoxy) is 1. The van der Waals surface area contributed by atoms with Crippen molar-refractivity contribution in [1.29, 1.82) is 0 Å². The van der Waals surface area contributed by atoms with Crippen LogP contribution in [-0.2, 0) is 14.3 Å². The summed E-state index contributed by atoms with van der Waals surface area (Å²) >= 11 is 0. The average Bonchev–Trinajstić information content (AvgIpc) is 3.42. The van der Waals surface area contributed by atoms with Gasteiger partial charge in [0.1, 0.15) is 0 Å². The second-order valence-electron chi connectivity index (χ2n) is 23.5. The van der Waals surface area contributed by atoms with E-state index in [1.807, 2.05) is 6.08 Å². The lowest BCUT2D eigenvalue weighted by atomic mass is 10.0. The summed E-state index contributed by atoms with van der Waals surface area (Å²) in [7, 11) is 0. The maximum atomic E-state index is 12.5. The number of amides is 1. The zero-order chi connectivity index (χ0) is 55.0. The van der Waals surface area contributed by atoms with Gasteiger partial charge in [0.15, 0.2) is 0 Å². The normalized spacial score (nSPS) is 12.7. The van der Waals surface area contributed by atoms with E-state index < -0.39 is 12.1 Å². The molecule has 6 nitrogen and oxygen atoms in total. The van der Waals surface area contributed by atoms with Gasteiger partial charge in [-0.15, -0.1) is 0 Å². The third-order valence-electron chi connectivity index (χ3n) is 15.9. The van der Waals surface area contributed by atoms with Gasteiger partial charge in [-0.2, -0.15) is 0 Å². The maximum Gasteiger partial charge on any atom is 0.305 e. The molecule has 0 radical (unpaired) electrons. The lowest BCUT2D eigenvalue weighted by Gasteiger charge is -2.20. The predicted molar refractivity (Wildman–Crippen MR) is 333 cm³/mol. The summed E-state index contributed by atoms with van der Waals surface area (Å²) in [5, 5.41) is 23.2. The fourth-order valence-corrected chi connectivity index (χ4v) is 10.7. The lowest BCUT2D eigenvalue weighted by Crippen LogP contribution is -2.45. The van der Waals surface area contributed by atoms with E-state index in [1.165, 1.54) is 302 Å². The van der Waals surface area contributed by atoms with Crippen molar-refractivity contribution in [2.75, 3.05) is 13.2 Å². The molecule has 0 saturated heterocycles. The monoisotopic (exact) mass is 1070 g/mol. The van der Waals surface area contributed by atoms with Crippen LogP contribution in [0.4, 0.5) is 0 Å². The molecule has 1 amide bonds. The smallest absolute Gasteiger partial charge is 0.305 e. The van der Waals surface area contributed by atoms with Crippen LogP contribution in [0.3, 0.4) is 0 Å². The number of unbranched alkanes of at least 4 members (excludes halogenated alkanes) is 49. The predicted octanol–water partition coefficient (Wildman–Crippen LogP) is 21.9. The molecule has 3 N–H and O–H groups in total. The summed E-state index contributed by atoms with van der Waals surface area (Å²) in [6, 6.07) is -0.631. The molecule has 0 aliphatic heterocycles. The summed E-state index contributed by atoms with van der Waals surface area (Å²) in [6.07, 6.45) is 83.5. The molecule has 2 unspecified atom stereocenters. The van der Waals surface area contributed by atoms with Gasteiger partial charge >= 0.3 is 5.97 Å². The maximum absolute atomic E-state index is 12.5. The Balaban J connectivity index is 3.42.